The van der Waals surface area contributed by atoms with Crippen molar-refractivity contribution >= 4 is 18.1 Å². The first kappa shape index (κ1) is 16.9. The summed E-state index contributed by atoms with van der Waals surface area (Å²) < 4.78 is 0.472. The average molecular weight is 341 g/mol. The molecular formula is C19H23N3OS. The lowest BCUT2D eigenvalue weighted by atomic mass is 9.94. The van der Waals surface area contributed by atoms with E-state index in [9.17, 15) is 4.79 Å². The van der Waals surface area contributed by atoms with Crippen LogP contribution in [0.25, 0.3) is 0 Å². The van der Waals surface area contributed by atoms with Crippen molar-refractivity contribution in [1.82, 2.24) is 15.2 Å². The van der Waals surface area contributed by atoms with Gasteiger partial charge in [0.2, 0.25) is 0 Å². The average Bonchev–Trinajstić information content (AvgIpc) is 2.60. The second-order valence-corrected chi connectivity index (χ2v) is 7.26. The Balaban J connectivity index is 1.65. The maximum absolute atomic E-state index is 12.4. The summed E-state index contributed by atoms with van der Waals surface area (Å²) in [4.78, 5) is 17.7. The van der Waals surface area contributed by atoms with Gasteiger partial charge >= 0.3 is 0 Å². The Kier molecular flexibility index (Phi) is 4.83. The minimum atomic E-state index is -0.123. The molecule has 0 bridgehead atoms. The first-order valence-electron chi connectivity index (χ1n) is 8.25. The second-order valence-electron chi connectivity index (χ2n) is 6.85. The summed E-state index contributed by atoms with van der Waals surface area (Å²) in [6.07, 6.45) is 2.78. The van der Waals surface area contributed by atoms with Gasteiger partial charge in [0, 0.05) is 31.4 Å². The van der Waals surface area contributed by atoms with Gasteiger partial charge in [-0.25, -0.2) is 0 Å². The highest BCUT2D eigenvalue weighted by Crippen LogP contribution is 2.25. The summed E-state index contributed by atoms with van der Waals surface area (Å²) in [5.74, 6) is -0.123. The van der Waals surface area contributed by atoms with E-state index in [1.165, 1.54) is 11.1 Å². The van der Waals surface area contributed by atoms with E-state index in [2.05, 4.69) is 53.3 Å². The Bertz CT molecular complexity index is 797. The van der Waals surface area contributed by atoms with Crippen LogP contribution in [0.4, 0.5) is 0 Å². The monoisotopic (exact) mass is 341 g/mol. The molecule has 4 nitrogen and oxygen atoms in total. The van der Waals surface area contributed by atoms with Crippen LogP contribution >= 0.6 is 12.2 Å². The van der Waals surface area contributed by atoms with Gasteiger partial charge in [-0.2, -0.15) is 0 Å². The Morgan fingerprint density at radius 2 is 2.00 bits per heavy atom. The smallest absolute Gasteiger partial charge is 0.254 e. The number of nitrogens with one attached hydrogen (secondary N) is 2. The van der Waals surface area contributed by atoms with Crippen molar-refractivity contribution in [3.05, 3.63) is 63.9 Å². The Morgan fingerprint density at radius 3 is 2.75 bits per heavy atom. The van der Waals surface area contributed by atoms with Crippen LogP contribution in [-0.2, 0) is 13.0 Å². The molecule has 2 N–H and O–H groups in total. The van der Waals surface area contributed by atoms with Crippen LogP contribution in [0, 0.1) is 4.64 Å². The van der Waals surface area contributed by atoms with Gasteiger partial charge in [-0.15, -0.1) is 0 Å². The fourth-order valence-corrected chi connectivity index (χ4v) is 3.35. The third-order valence-corrected chi connectivity index (χ3v) is 5.07. The van der Waals surface area contributed by atoms with Crippen LogP contribution in [0.2, 0.25) is 0 Å². The highest BCUT2D eigenvalue weighted by atomic mass is 32.1. The lowest BCUT2D eigenvalue weighted by Gasteiger charge is -2.41. The van der Waals surface area contributed by atoms with Crippen molar-refractivity contribution in [2.45, 2.75) is 32.4 Å². The van der Waals surface area contributed by atoms with Crippen LogP contribution in [-0.4, -0.2) is 34.4 Å². The normalized spacial score (nSPS) is 14.9. The zero-order valence-electron chi connectivity index (χ0n) is 14.1. The minimum absolute atomic E-state index is 0.122. The van der Waals surface area contributed by atoms with Crippen molar-refractivity contribution in [2.24, 2.45) is 0 Å². The number of carbonyl (C=O) groups is 1. The molecule has 1 aromatic heterocycles. The summed E-state index contributed by atoms with van der Waals surface area (Å²) in [6, 6.07) is 12.1. The SMILES string of the molecule is CC(C)(CNC(=O)c1ccc[nH]c1=S)N1CCc2ccccc2C1. The van der Waals surface area contributed by atoms with Gasteiger partial charge in [-0.05, 0) is 43.5 Å². The number of hydrogen-bond acceptors (Lipinski definition) is 3. The Labute approximate surface area is 147 Å². The number of hydrogen-bond donors (Lipinski definition) is 2. The van der Waals surface area contributed by atoms with Crippen LogP contribution in [0.15, 0.2) is 42.6 Å². The molecule has 1 amide bonds. The Morgan fingerprint density at radius 1 is 1.25 bits per heavy atom. The number of rotatable bonds is 4. The van der Waals surface area contributed by atoms with Crippen LogP contribution in [0.1, 0.15) is 35.3 Å². The molecule has 0 aliphatic carbocycles. The third-order valence-electron chi connectivity index (χ3n) is 4.73. The molecule has 0 spiro atoms. The van der Waals surface area contributed by atoms with E-state index in [0.29, 0.717) is 16.7 Å². The molecule has 1 aliphatic heterocycles. The molecule has 126 valence electrons. The van der Waals surface area contributed by atoms with Gasteiger partial charge in [0.05, 0.1) is 5.56 Å². The molecule has 5 heteroatoms. The van der Waals surface area contributed by atoms with Crippen LogP contribution in [0.3, 0.4) is 0 Å². The number of nitrogens with zero attached hydrogens (tertiary/aromatic N) is 1. The zero-order chi connectivity index (χ0) is 17.2. The largest absolute Gasteiger partial charge is 0.352 e. The minimum Gasteiger partial charge on any atom is -0.352 e. The highest BCUT2D eigenvalue weighted by Gasteiger charge is 2.30. The van der Waals surface area contributed by atoms with E-state index in [-0.39, 0.29) is 11.4 Å². The number of carbonyl (C=O) groups excluding carboxylic acids is 1. The number of H-pyrrole nitrogens is 1. The molecule has 1 aliphatic rings. The summed E-state index contributed by atoms with van der Waals surface area (Å²) in [6.45, 7) is 6.85. The standard InChI is InChI=1S/C19H23N3OS/c1-19(2,13-21-17(23)16-8-5-10-20-18(16)24)22-11-9-14-6-3-4-7-15(14)12-22/h3-8,10H,9,11-13H2,1-2H3,(H,20,24)(H,21,23). The topological polar surface area (TPSA) is 48.1 Å². The lowest BCUT2D eigenvalue weighted by molar-refractivity contribution is 0.0825. The van der Waals surface area contributed by atoms with Crippen molar-refractivity contribution in [3.8, 4) is 0 Å². The molecular weight excluding hydrogens is 318 g/mol. The number of fused-ring (bicyclic) bond motifs is 1. The van der Waals surface area contributed by atoms with Crippen LogP contribution < -0.4 is 5.32 Å². The molecule has 0 saturated carbocycles. The van der Waals surface area contributed by atoms with Gasteiger partial charge in [0.25, 0.3) is 5.91 Å². The van der Waals surface area contributed by atoms with E-state index in [1.54, 1.807) is 18.3 Å². The molecule has 2 aromatic rings. The van der Waals surface area contributed by atoms with E-state index in [4.69, 9.17) is 12.2 Å². The van der Waals surface area contributed by atoms with Crippen molar-refractivity contribution < 1.29 is 4.79 Å². The number of aromatic amines is 1. The first-order valence-corrected chi connectivity index (χ1v) is 8.66. The summed E-state index contributed by atoms with van der Waals surface area (Å²) >= 11 is 5.18. The Hall–Kier alpha value is -1.98. The summed E-state index contributed by atoms with van der Waals surface area (Å²) in [7, 11) is 0. The predicted molar refractivity (Wildman–Crippen MR) is 98.6 cm³/mol. The third kappa shape index (κ3) is 3.57. The first-order chi connectivity index (χ1) is 11.5. The quantitative estimate of drug-likeness (QED) is 0.839. The maximum atomic E-state index is 12.4. The van der Waals surface area contributed by atoms with Crippen molar-refractivity contribution in [3.63, 3.8) is 0 Å². The highest BCUT2D eigenvalue weighted by molar-refractivity contribution is 7.71. The van der Waals surface area contributed by atoms with E-state index < -0.39 is 0 Å². The van der Waals surface area contributed by atoms with E-state index in [0.717, 1.165) is 19.5 Å². The van der Waals surface area contributed by atoms with Gasteiger partial charge < -0.3 is 10.3 Å². The zero-order valence-corrected chi connectivity index (χ0v) is 15.0. The van der Waals surface area contributed by atoms with E-state index >= 15 is 0 Å². The molecule has 0 radical (unpaired) electrons. The van der Waals surface area contributed by atoms with Crippen molar-refractivity contribution in [1.29, 1.82) is 0 Å². The van der Waals surface area contributed by atoms with Crippen LogP contribution in [0.5, 0.6) is 0 Å². The molecule has 0 fully saturated rings. The molecule has 3 rings (SSSR count). The van der Waals surface area contributed by atoms with Gasteiger partial charge in [-0.1, -0.05) is 36.5 Å². The molecule has 24 heavy (non-hydrogen) atoms. The van der Waals surface area contributed by atoms with Gasteiger partial charge in [0.1, 0.15) is 4.64 Å². The second kappa shape index (κ2) is 6.87. The fraction of sp³-hybridized carbons (Fsp3) is 0.368. The summed E-state index contributed by atoms with van der Waals surface area (Å²) in [5.41, 5.74) is 3.22. The van der Waals surface area contributed by atoms with Gasteiger partial charge in [-0.3, -0.25) is 9.69 Å². The number of pyridine rings is 1. The molecule has 0 saturated heterocycles. The molecule has 0 atom stereocenters. The lowest BCUT2D eigenvalue weighted by Crippen LogP contribution is -2.53. The van der Waals surface area contributed by atoms with E-state index in [1.807, 2.05) is 0 Å². The number of amides is 1. The molecule has 0 unspecified atom stereocenters. The maximum Gasteiger partial charge on any atom is 0.254 e. The van der Waals surface area contributed by atoms with Crippen molar-refractivity contribution in [2.75, 3.05) is 13.1 Å². The molecule has 1 aromatic carbocycles. The fourth-order valence-electron chi connectivity index (χ4n) is 3.12. The van der Waals surface area contributed by atoms with Gasteiger partial charge in [0.15, 0.2) is 0 Å². The predicted octanol–water partition coefficient (Wildman–Crippen LogP) is 3.31. The summed E-state index contributed by atoms with van der Waals surface area (Å²) in [5, 5.41) is 3.03. The molecule has 2 heterocycles. The number of aromatic nitrogens is 1. The number of benzene rings is 1.